The van der Waals surface area contributed by atoms with Crippen LogP contribution < -0.4 is 11.3 Å². The molecule has 0 fully saturated rings. The molecule has 0 unspecified atom stereocenters. The van der Waals surface area contributed by atoms with Gasteiger partial charge < -0.3 is 4.74 Å². The number of unbranched alkanes of at least 4 members (excludes halogenated alkanes) is 3. The van der Waals surface area contributed by atoms with Crippen LogP contribution in [-0.2, 0) is 4.74 Å². The molecule has 0 aliphatic carbocycles. The Morgan fingerprint density at radius 3 is 2.58 bits per heavy atom. The van der Waals surface area contributed by atoms with Gasteiger partial charge in [-0.3, -0.25) is 5.43 Å². The molecular formula is C7H17BrN2OS. The highest BCUT2D eigenvalue weighted by Crippen LogP contribution is 1.98. The van der Waals surface area contributed by atoms with Crippen LogP contribution in [0.1, 0.15) is 32.6 Å². The number of hydrogen-bond acceptors (Lipinski definition) is 3. The lowest BCUT2D eigenvalue weighted by molar-refractivity contribution is 0.287. The molecule has 0 spiro atoms. The average Bonchev–Trinajstić information content (AvgIpc) is 2.04. The van der Waals surface area contributed by atoms with Crippen LogP contribution in [0, 0.1) is 0 Å². The Bertz CT molecular complexity index is 114. The van der Waals surface area contributed by atoms with Crippen molar-refractivity contribution in [1.29, 1.82) is 0 Å². The van der Waals surface area contributed by atoms with Gasteiger partial charge in [0.1, 0.15) is 0 Å². The van der Waals surface area contributed by atoms with Gasteiger partial charge >= 0.3 is 0 Å². The molecule has 0 bridgehead atoms. The first-order valence-corrected chi connectivity index (χ1v) is 4.35. The second-order valence-corrected chi connectivity index (χ2v) is 2.71. The molecule has 0 aromatic heterocycles. The highest BCUT2D eigenvalue weighted by atomic mass is 79.9. The first kappa shape index (κ1) is 14.6. The summed E-state index contributed by atoms with van der Waals surface area (Å²) in [5.74, 6) is 5.00. The van der Waals surface area contributed by atoms with Crippen molar-refractivity contribution in [2.24, 2.45) is 5.84 Å². The molecule has 3 nitrogen and oxygen atoms in total. The van der Waals surface area contributed by atoms with Crippen molar-refractivity contribution in [2.75, 3.05) is 6.61 Å². The fourth-order valence-electron chi connectivity index (χ4n) is 0.735. The van der Waals surface area contributed by atoms with E-state index in [9.17, 15) is 0 Å². The van der Waals surface area contributed by atoms with Gasteiger partial charge in [-0.15, -0.1) is 17.0 Å². The number of nitrogens with one attached hydrogen (secondary N) is 1. The molecule has 0 heterocycles. The minimum absolute atomic E-state index is 0. The van der Waals surface area contributed by atoms with E-state index in [0.717, 1.165) is 6.42 Å². The van der Waals surface area contributed by atoms with Crippen molar-refractivity contribution in [2.45, 2.75) is 32.6 Å². The lowest BCUT2D eigenvalue weighted by atomic mass is 10.2. The summed E-state index contributed by atoms with van der Waals surface area (Å²) in [6.07, 6.45) is 4.74. The molecule has 0 aliphatic rings. The third-order valence-electron chi connectivity index (χ3n) is 1.35. The highest BCUT2D eigenvalue weighted by Gasteiger charge is 1.91. The van der Waals surface area contributed by atoms with Crippen molar-refractivity contribution >= 4 is 34.4 Å². The fraction of sp³-hybridized carbons (Fsp3) is 0.857. The molecule has 3 N–H and O–H groups in total. The summed E-state index contributed by atoms with van der Waals surface area (Å²) in [7, 11) is 0. The predicted molar refractivity (Wildman–Crippen MR) is 60.3 cm³/mol. The monoisotopic (exact) mass is 256 g/mol. The quantitative estimate of drug-likeness (QED) is 0.342. The second kappa shape index (κ2) is 11.1. The molecule has 0 radical (unpaired) electrons. The van der Waals surface area contributed by atoms with E-state index < -0.39 is 0 Å². The second-order valence-electron chi connectivity index (χ2n) is 2.34. The molecule has 0 amide bonds. The van der Waals surface area contributed by atoms with Gasteiger partial charge in [-0.05, 0) is 18.6 Å². The van der Waals surface area contributed by atoms with E-state index in [1.54, 1.807) is 0 Å². The molecule has 0 aromatic rings. The summed E-state index contributed by atoms with van der Waals surface area (Å²) in [5, 5.41) is 0.279. The zero-order chi connectivity index (χ0) is 8.53. The van der Waals surface area contributed by atoms with Crippen LogP contribution in [0.5, 0.6) is 0 Å². The Morgan fingerprint density at radius 2 is 2.08 bits per heavy atom. The normalized spacial score (nSPS) is 8.50. The Kier molecular flexibility index (Phi) is 13.6. The maximum atomic E-state index is 5.03. The molecule has 12 heavy (non-hydrogen) atoms. The van der Waals surface area contributed by atoms with Crippen LogP contribution in [0.2, 0.25) is 0 Å². The summed E-state index contributed by atoms with van der Waals surface area (Å²) in [6.45, 7) is 2.84. The maximum absolute atomic E-state index is 5.03. The van der Waals surface area contributed by atoms with Crippen LogP contribution in [0.25, 0.3) is 0 Å². The molecule has 5 heteroatoms. The summed E-state index contributed by atoms with van der Waals surface area (Å²) < 4.78 is 5.03. The maximum Gasteiger partial charge on any atom is 0.271 e. The van der Waals surface area contributed by atoms with Crippen LogP contribution in [0.15, 0.2) is 0 Å². The molecule has 0 saturated carbocycles. The number of ether oxygens (including phenoxy) is 1. The van der Waals surface area contributed by atoms with Gasteiger partial charge in [-0.25, -0.2) is 5.84 Å². The third-order valence-corrected chi connectivity index (χ3v) is 1.58. The average molecular weight is 257 g/mol. The number of hydrazine groups is 1. The van der Waals surface area contributed by atoms with Crippen molar-refractivity contribution in [1.82, 2.24) is 5.43 Å². The topological polar surface area (TPSA) is 47.3 Å². The number of halogens is 1. The predicted octanol–water partition coefficient (Wildman–Crippen LogP) is 1.91. The minimum atomic E-state index is 0. The number of rotatable bonds is 5. The lowest BCUT2D eigenvalue weighted by Gasteiger charge is -2.04. The van der Waals surface area contributed by atoms with E-state index >= 15 is 0 Å². The van der Waals surface area contributed by atoms with Gasteiger partial charge in [-0.2, -0.15) is 0 Å². The van der Waals surface area contributed by atoms with E-state index in [-0.39, 0.29) is 22.2 Å². The molecule has 0 saturated heterocycles. The van der Waals surface area contributed by atoms with Crippen LogP contribution in [-0.4, -0.2) is 11.8 Å². The first-order valence-electron chi connectivity index (χ1n) is 3.94. The van der Waals surface area contributed by atoms with E-state index in [2.05, 4.69) is 24.6 Å². The van der Waals surface area contributed by atoms with Gasteiger partial charge in [0.2, 0.25) is 0 Å². The molecule has 0 rings (SSSR count). The van der Waals surface area contributed by atoms with Crippen LogP contribution in [0.3, 0.4) is 0 Å². The van der Waals surface area contributed by atoms with E-state index in [1.807, 2.05) is 0 Å². The van der Waals surface area contributed by atoms with Crippen LogP contribution >= 0.6 is 29.2 Å². The summed E-state index contributed by atoms with van der Waals surface area (Å²) in [4.78, 5) is 0. The van der Waals surface area contributed by atoms with E-state index in [4.69, 9.17) is 10.6 Å². The highest BCUT2D eigenvalue weighted by molar-refractivity contribution is 8.93. The van der Waals surface area contributed by atoms with Crippen molar-refractivity contribution < 1.29 is 4.74 Å². The van der Waals surface area contributed by atoms with Gasteiger partial charge in [0.05, 0.1) is 6.61 Å². The summed E-state index contributed by atoms with van der Waals surface area (Å²) in [6, 6.07) is 0. The zero-order valence-corrected chi connectivity index (χ0v) is 9.87. The van der Waals surface area contributed by atoms with Gasteiger partial charge in [0, 0.05) is 0 Å². The van der Waals surface area contributed by atoms with Crippen LogP contribution in [0.4, 0.5) is 0 Å². The fourth-order valence-corrected chi connectivity index (χ4v) is 0.819. The standard InChI is InChI=1S/C7H16N2OS.BrH/c1-2-3-4-5-6-10-7(11)9-8;/h2-6,8H2,1H3,(H,9,11);1H. The zero-order valence-electron chi connectivity index (χ0n) is 7.34. The number of nitrogens with two attached hydrogens (primary N) is 1. The molecule has 0 atom stereocenters. The molecule has 0 aliphatic heterocycles. The summed E-state index contributed by atoms with van der Waals surface area (Å²) >= 11 is 4.67. The number of thiocarbonyl (C=S) groups is 1. The molecule has 74 valence electrons. The Morgan fingerprint density at radius 1 is 1.42 bits per heavy atom. The lowest BCUT2D eigenvalue weighted by Crippen LogP contribution is -2.30. The third kappa shape index (κ3) is 10.1. The Labute approximate surface area is 89.8 Å². The van der Waals surface area contributed by atoms with Gasteiger partial charge in [-0.1, -0.05) is 26.2 Å². The van der Waals surface area contributed by atoms with Crippen molar-refractivity contribution in [3.05, 3.63) is 0 Å². The van der Waals surface area contributed by atoms with Crippen molar-refractivity contribution in [3.8, 4) is 0 Å². The number of hydrogen-bond donors (Lipinski definition) is 2. The minimum Gasteiger partial charge on any atom is -0.470 e. The van der Waals surface area contributed by atoms with Crippen molar-refractivity contribution in [3.63, 3.8) is 0 Å². The van der Waals surface area contributed by atoms with Gasteiger partial charge in [0.15, 0.2) is 0 Å². The Balaban J connectivity index is 0. The van der Waals surface area contributed by atoms with E-state index in [1.165, 1.54) is 19.3 Å². The van der Waals surface area contributed by atoms with E-state index in [0.29, 0.717) is 6.61 Å². The van der Waals surface area contributed by atoms with Gasteiger partial charge in [0.25, 0.3) is 5.17 Å². The smallest absolute Gasteiger partial charge is 0.271 e. The Hall–Kier alpha value is 0.130. The SMILES string of the molecule is Br.CCCCCCOC(=S)NN. The first-order chi connectivity index (χ1) is 5.31. The molecule has 0 aromatic carbocycles. The largest absolute Gasteiger partial charge is 0.470 e. The summed E-state index contributed by atoms with van der Waals surface area (Å²) in [5.41, 5.74) is 2.27. The molecular weight excluding hydrogens is 240 g/mol.